The van der Waals surface area contributed by atoms with Crippen molar-refractivity contribution < 1.29 is 27.2 Å². The topological polar surface area (TPSA) is 29.5 Å². The molecular weight excluding hydrogens is 203 g/mol. The fraction of sp³-hybridized carbons (Fsp3) is 0.143. The Morgan fingerprint density at radius 1 is 1.29 bits per heavy atom. The molecule has 0 aliphatic heterocycles. The van der Waals surface area contributed by atoms with E-state index in [1.807, 2.05) is 0 Å². The molecule has 0 aliphatic rings. The van der Waals surface area contributed by atoms with E-state index in [9.17, 15) is 17.6 Å². The molecule has 0 saturated carbocycles. The van der Waals surface area contributed by atoms with Gasteiger partial charge in [0.15, 0.2) is 0 Å². The second-order valence-electron chi connectivity index (χ2n) is 2.41. The third-order valence-electron chi connectivity index (χ3n) is 1.47. The van der Waals surface area contributed by atoms with Gasteiger partial charge in [-0.25, -0.2) is 4.39 Å². The number of halogens is 4. The van der Waals surface area contributed by atoms with Gasteiger partial charge >= 0.3 is 13.9 Å². The first-order chi connectivity index (χ1) is 6.45. The number of alkyl halides is 3. The highest BCUT2D eigenvalue weighted by Gasteiger charge is 2.34. The maximum atomic E-state index is 12.7. The van der Waals surface area contributed by atoms with Crippen molar-refractivity contribution in [2.75, 3.05) is 0 Å². The third kappa shape index (κ3) is 2.38. The van der Waals surface area contributed by atoms with Gasteiger partial charge in [-0.3, -0.25) is 0 Å². The van der Waals surface area contributed by atoms with Gasteiger partial charge in [-0.15, -0.1) is 0 Å². The van der Waals surface area contributed by atoms with E-state index in [-0.39, 0.29) is 5.75 Å². The van der Waals surface area contributed by atoms with Crippen LogP contribution < -0.4 is 4.65 Å². The van der Waals surface area contributed by atoms with E-state index in [0.717, 1.165) is 6.07 Å². The molecule has 0 amide bonds. The van der Waals surface area contributed by atoms with E-state index in [2.05, 4.69) is 4.65 Å². The number of rotatable bonds is 2. The minimum absolute atomic E-state index is 0.235. The molecule has 1 N–H and O–H groups in total. The lowest BCUT2D eigenvalue weighted by Crippen LogP contribution is -2.09. The fourth-order valence-corrected chi connectivity index (χ4v) is 0.886. The van der Waals surface area contributed by atoms with Crippen molar-refractivity contribution in [2.24, 2.45) is 0 Å². The van der Waals surface area contributed by atoms with Crippen LogP contribution in [0.2, 0.25) is 0 Å². The van der Waals surface area contributed by atoms with Crippen molar-refractivity contribution >= 4 is 7.69 Å². The van der Waals surface area contributed by atoms with E-state index in [0.29, 0.717) is 12.1 Å². The summed E-state index contributed by atoms with van der Waals surface area (Å²) < 4.78 is 53.4. The molecule has 0 radical (unpaired) electrons. The summed E-state index contributed by atoms with van der Waals surface area (Å²) in [5.74, 6) is -1.61. The lowest BCUT2D eigenvalue weighted by Gasteiger charge is -2.09. The zero-order valence-corrected chi connectivity index (χ0v) is 6.81. The highest BCUT2D eigenvalue weighted by atomic mass is 19.4. The molecule has 7 heteroatoms. The number of benzene rings is 1. The smallest absolute Gasteiger partial charge is 0.504 e. The Morgan fingerprint density at radius 3 is 2.43 bits per heavy atom. The van der Waals surface area contributed by atoms with Crippen molar-refractivity contribution in [3.8, 4) is 5.75 Å². The zero-order chi connectivity index (χ0) is 10.8. The monoisotopic (exact) mass is 208 g/mol. The quantitative estimate of drug-likeness (QED) is 0.589. The maximum Gasteiger partial charge on any atom is 0.504 e. The van der Waals surface area contributed by atoms with Gasteiger partial charge in [0.1, 0.15) is 11.6 Å². The Morgan fingerprint density at radius 2 is 1.93 bits per heavy atom. The van der Waals surface area contributed by atoms with Crippen molar-refractivity contribution in [1.82, 2.24) is 0 Å². The molecule has 1 aromatic carbocycles. The maximum absolute atomic E-state index is 12.7. The summed E-state index contributed by atoms with van der Waals surface area (Å²) in [7, 11) is -0.761. The van der Waals surface area contributed by atoms with Gasteiger partial charge in [0.2, 0.25) is 0 Å². The van der Waals surface area contributed by atoms with Crippen molar-refractivity contribution in [3.05, 3.63) is 29.6 Å². The molecule has 0 atom stereocenters. The number of hydrogen-bond acceptors (Lipinski definition) is 2. The SMILES string of the molecule is OBOc1ccc(F)c(C(F)(F)F)c1. The second kappa shape index (κ2) is 3.87. The molecule has 1 rings (SSSR count). The summed E-state index contributed by atoms with van der Waals surface area (Å²) in [5.41, 5.74) is -1.41. The van der Waals surface area contributed by atoms with Crippen LogP contribution in [0.15, 0.2) is 18.2 Å². The fourth-order valence-electron chi connectivity index (χ4n) is 0.886. The van der Waals surface area contributed by atoms with Crippen LogP contribution in [0.3, 0.4) is 0 Å². The summed E-state index contributed by atoms with van der Waals surface area (Å²) in [5, 5.41) is 8.29. The molecular formula is C7H5BF4O2. The molecule has 0 heterocycles. The van der Waals surface area contributed by atoms with Gasteiger partial charge in [0.05, 0.1) is 5.56 Å². The molecule has 0 bridgehead atoms. The highest BCUT2D eigenvalue weighted by molar-refractivity contribution is 6.17. The first kappa shape index (κ1) is 10.8. The molecule has 14 heavy (non-hydrogen) atoms. The van der Waals surface area contributed by atoms with Gasteiger partial charge in [-0.2, -0.15) is 13.2 Å². The van der Waals surface area contributed by atoms with E-state index in [4.69, 9.17) is 5.02 Å². The van der Waals surface area contributed by atoms with Gasteiger partial charge in [-0.1, -0.05) is 0 Å². The van der Waals surface area contributed by atoms with Crippen molar-refractivity contribution in [1.29, 1.82) is 0 Å². The Bertz CT molecular complexity index is 326. The van der Waals surface area contributed by atoms with Crippen LogP contribution in [0.5, 0.6) is 5.75 Å². The van der Waals surface area contributed by atoms with Crippen molar-refractivity contribution in [3.63, 3.8) is 0 Å². The highest BCUT2D eigenvalue weighted by Crippen LogP contribution is 2.33. The Labute approximate surface area is 77.4 Å². The minimum atomic E-state index is -4.76. The van der Waals surface area contributed by atoms with Crippen LogP contribution >= 0.6 is 0 Å². The van der Waals surface area contributed by atoms with Gasteiger partial charge in [0.25, 0.3) is 0 Å². The Balaban J connectivity index is 3.09. The third-order valence-corrected chi connectivity index (χ3v) is 1.47. The normalized spacial score (nSPS) is 11.2. The summed E-state index contributed by atoms with van der Waals surface area (Å²) in [6.45, 7) is 0. The standard InChI is InChI=1S/C7H5BF4O2/c9-6-2-1-4(14-8-13)3-5(6)7(10,11)12/h1-3,8,13H. The van der Waals surface area contributed by atoms with Crippen LogP contribution in [-0.2, 0) is 6.18 Å². The molecule has 0 fully saturated rings. The van der Waals surface area contributed by atoms with Crippen LogP contribution in [0.25, 0.3) is 0 Å². The molecule has 0 spiro atoms. The van der Waals surface area contributed by atoms with Crippen LogP contribution in [0.1, 0.15) is 5.56 Å². The molecule has 0 saturated heterocycles. The average molecular weight is 208 g/mol. The molecule has 1 aromatic rings. The first-order valence-corrected chi connectivity index (χ1v) is 3.55. The summed E-state index contributed by atoms with van der Waals surface area (Å²) in [6.07, 6.45) is -4.76. The summed E-state index contributed by atoms with van der Waals surface area (Å²) >= 11 is 0. The van der Waals surface area contributed by atoms with Crippen LogP contribution in [-0.4, -0.2) is 12.7 Å². The summed E-state index contributed by atoms with van der Waals surface area (Å²) in [4.78, 5) is 0. The lowest BCUT2D eigenvalue weighted by molar-refractivity contribution is -0.140. The predicted molar refractivity (Wildman–Crippen MR) is 41.4 cm³/mol. The summed E-state index contributed by atoms with van der Waals surface area (Å²) in [6, 6.07) is 2.13. The van der Waals surface area contributed by atoms with E-state index < -0.39 is 25.2 Å². The molecule has 0 aromatic heterocycles. The lowest BCUT2D eigenvalue weighted by atomic mass is 10.2. The Kier molecular flexibility index (Phi) is 3.00. The number of hydrogen-bond donors (Lipinski definition) is 1. The van der Waals surface area contributed by atoms with Crippen LogP contribution in [0.4, 0.5) is 17.6 Å². The van der Waals surface area contributed by atoms with Gasteiger partial charge in [0, 0.05) is 0 Å². The molecule has 0 aliphatic carbocycles. The largest absolute Gasteiger partial charge is 0.539 e. The van der Waals surface area contributed by atoms with Gasteiger partial charge < -0.3 is 9.68 Å². The van der Waals surface area contributed by atoms with E-state index in [1.165, 1.54) is 0 Å². The first-order valence-electron chi connectivity index (χ1n) is 3.55. The van der Waals surface area contributed by atoms with E-state index in [1.54, 1.807) is 0 Å². The zero-order valence-electron chi connectivity index (χ0n) is 6.81. The minimum Gasteiger partial charge on any atom is -0.539 e. The van der Waals surface area contributed by atoms with Gasteiger partial charge in [-0.05, 0) is 18.2 Å². The average Bonchev–Trinajstić information content (AvgIpc) is 2.07. The van der Waals surface area contributed by atoms with E-state index >= 15 is 0 Å². The molecule has 2 nitrogen and oxygen atoms in total. The molecule has 76 valence electrons. The Hall–Kier alpha value is -1.24. The molecule has 0 unspecified atom stereocenters. The second-order valence-corrected chi connectivity index (χ2v) is 2.41. The van der Waals surface area contributed by atoms with Crippen LogP contribution in [0, 0.1) is 5.82 Å². The van der Waals surface area contributed by atoms with Crippen molar-refractivity contribution in [2.45, 2.75) is 6.18 Å². The predicted octanol–water partition coefficient (Wildman–Crippen LogP) is 1.48.